The van der Waals surface area contributed by atoms with Crippen molar-refractivity contribution in [3.63, 3.8) is 0 Å². The van der Waals surface area contributed by atoms with E-state index in [4.69, 9.17) is 10.00 Å². The largest absolute Gasteiger partial charge is 0.438 e. The SMILES string of the molecule is Cc1cc(C#N)cc(Oc2c(C)ccc(C)c2C)n1. The Morgan fingerprint density at radius 3 is 2.42 bits per heavy atom. The van der Waals surface area contributed by atoms with E-state index >= 15 is 0 Å². The lowest BCUT2D eigenvalue weighted by Crippen LogP contribution is -1.96. The summed E-state index contributed by atoms with van der Waals surface area (Å²) in [6, 6.07) is 9.61. The van der Waals surface area contributed by atoms with Crippen molar-refractivity contribution in [2.45, 2.75) is 27.7 Å². The van der Waals surface area contributed by atoms with Crippen molar-refractivity contribution < 1.29 is 4.74 Å². The van der Waals surface area contributed by atoms with Gasteiger partial charge in [-0.15, -0.1) is 0 Å². The second kappa shape index (κ2) is 5.11. The van der Waals surface area contributed by atoms with Gasteiger partial charge in [0.25, 0.3) is 0 Å². The van der Waals surface area contributed by atoms with Crippen molar-refractivity contribution in [2.24, 2.45) is 0 Å². The zero-order chi connectivity index (χ0) is 14.0. The molecule has 2 aromatic rings. The molecule has 0 saturated heterocycles. The smallest absolute Gasteiger partial charge is 0.220 e. The molecule has 0 fully saturated rings. The zero-order valence-corrected chi connectivity index (χ0v) is 11.6. The van der Waals surface area contributed by atoms with Crippen molar-refractivity contribution in [3.8, 4) is 17.7 Å². The molecule has 0 N–H and O–H groups in total. The van der Waals surface area contributed by atoms with E-state index < -0.39 is 0 Å². The third-order valence-electron chi connectivity index (χ3n) is 3.14. The lowest BCUT2D eigenvalue weighted by molar-refractivity contribution is 0.454. The van der Waals surface area contributed by atoms with Gasteiger partial charge in [0.15, 0.2) is 0 Å². The number of aryl methyl sites for hydroxylation is 3. The Kier molecular flexibility index (Phi) is 3.52. The van der Waals surface area contributed by atoms with Crippen LogP contribution in [0.25, 0.3) is 0 Å². The summed E-state index contributed by atoms with van der Waals surface area (Å²) in [5.74, 6) is 1.29. The van der Waals surface area contributed by atoms with Crippen molar-refractivity contribution in [2.75, 3.05) is 0 Å². The molecule has 1 aromatic carbocycles. The quantitative estimate of drug-likeness (QED) is 0.812. The molecule has 0 atom stereocenters. The van der Waals surface area contributed by atoms with Gasteiger partial charge in [0.05, 0.1) is 11.6 Å². The lowest BCUT2D eigenvalue weighted by atomic mass is 10.1. The maximum Gasteiger partial charge on any atom is 0.220 e. The molecule has 3 nitrogen and oxygen atoms in total. The van der Waals surface area contributed by atoms with E-state index in [1.807, 2.05) is 33.8 Å². The number of pyridine rings is 1. The Labute approximate surface area is 113 Å². The van der Waals surface area contributed by atoms with Crippen LogP contribution in [0, 0.1) is 39.0 Å². The number of benzene rings is 1. The maximum absolute atomic E-state index is 8.97. The first kappa shape index (κ1) is 13.1. The van der Waals surface area contributed by atoms with Crippen molar-refractivity contribution in [1.82, 2.24) is 4.98 Å². The summed E-state index contributed by atoms with van der Waals surface area (Å²) in [6.07, 6.45) is 0. The van der Waals surface area contributed by atoms with Crippen LogP contribution in [0.3, 0.4) is 0 Å². The standard InChI is InChI=1S/C16H16N2O/c1-10-5-6-11(2)16(13(10)4)19-15-8-14(9-17)7-12(3)18-15/h5-8H,1-4H3. The second-order valence-corrected chi connectivity index (χ2v) is 4.70. The average Bonchev–Trinajstić information content (AvgIpc) is 2.38. The van der Waals surface area contributed by atoms with Crippen LogP contribution in [0.2, 0.25) is 0 Å². The van der Waals surface area contributed by atoms with E-state index in [-0.39, 0.29) is 0 Å². The topological polar surface area (TPSA) is 45.9 Å². The Morgan fingerprint density at radius 1 is 1.05 bits per heavy atom. The number of hydrogen-bond acceptors (Lipinski definition) is 3. The van der Waals surface area contributed by atoms with Gasteiger partial charge in [0.1, 0.15) is 5.75 Å². The van der Waals surface area contributed by atoms with Gasteiger partial charge >= 0.3 is 0 Å². The minimum atomic E-state index is 0.466. The van der Waals surface area contributed by atoms with Crippen molar-refractivity contribution in [1.29, 1.82) is 5.26 Å². The number of nitrogens with zero attached hydrogens (tertiary/aromatic N) is 2. The zero-order valence-electron chi connectivity index (χ0n) is 11.6. The number of aromatic nitrogens is 1. The third kappa shape index (κ3) is 2.74. The minimum Gasteiger partial charge on any atom is -0.438 e. The lowest BCUT2D eigenvalue weighted by Gasteiger charge is -2.13. The van der Waals surface area contributed by atoms with Crippen LogP contribution in [0.15, 0.2) is 24.3 Å². The molecular formula is C16H16N2O. The number of nitriles is 1. The van der Waals surface area contributed by atoms with Crippen LogP contribution in [0.1, 0.15) is 27.9 Å². The van der Waals surface area contributed by atoms with E-state index in [0.717, 1.165) is 22.6 Å². The van der Waals surface area contributed by atoms with Crippen molar-refractivity contribution >= 4 is 0 Å². The highest BCUT2D eigenvalue weighted by Gasteiger charge is 2.09. The van der Waals surface area contributed by atoms with Crippen LogP contribution in [-0.2, 0) is 0 Å². The van der Waals surface area contributed by atoms with Gasteiger partial charge in [0.2, 0.25) is 5.88 Å². The summed E-state index contributed by atoms with van der Waals surface area (Å²) < 4.78 is 5.88. The van der Waals surface area contributed by atoms with Gasteiger partial charge < -0.3 is 4.74 Å². The van der Waals surface area contributed by atoms with E-state index in [2.05, 4.69) is 17.1 Å². The monoisotopic (exact) mass is 252 g/mol. The molecule has 3 heteroatoms. The van der Waals surface area contributed by atoms with Gasteiger partial charge in [-0.3, -0.25) is 0 Å². The predicted octanol–water partition coefficient (Wildman–Crippen LogP) is 3.98. The highest BCUT2D eigenvalue weighted by molar-refractivity contribution is 5.47. The molecule has 0 aliphatic carbocycles. The van der Waals surface area contributed by atoms with Crippen molar-refractivity contribution in [3.05, 3.63) is 52.2 Å². The molecule has 2 rings (SSSR count). The third-order valence-corrected chi connectivity index (χ3v) is 3.14. The van der Waals surface area contributed by atoms with Crippen LogP contribution < -0.4 is 4.74 Å². The summed E-state index contributed by atoms with van der Waals surface area (Å²) in [7, 11) is 0. The number of ether oxygens (including phenoxy) is 1. The molecule has 1 aromatic heterocycles. The fourth-order valence-electron chi connectivity index (χ4n) is 1.94. The van der Waals surface area contributed by atoms with Gasteiger partial charge in [-0.25, -0.2) is 4.98 Å². The molecule has 0 amide bonds. The van der Waals surface area contributed by atoms with Gasteiger partial charge in [-0.2, -0.15) is 5.26 Å². The molecule has 19 heavy (non-hydrogen) atoms. The summed E-state index contributed by atoms with van der Waals surface area (Å²) >= 11 is 0. The first-order valence-electron chi connectivity index (χ1n) is 6.14. The minimum absolute atomic E-state index is 0.466. The predicted molar refractivity (Wildman–Crippen MR) is 74.4 cm³/mol. The van der Waals surface area contributed by atoms with E-state index in [0.29, 0.717) is 11.4 Å². The molecule has 0 aliphatic rings. The Balaban J connectivity index is 2.45. The summed E-state index contributed by atoms with van der Waals surface area (Å²) in [6.45, 7) is 7.93. The average molecular weight is 252 g/mol. The molecule has 96 valence electrons. The van der Waals surface area contributed by atoms with E-state index in [1.54, 1.807) is 12.1 Å². The summed E-state index contributed by atoms with van der Waals surface area (Å²) in [4.78, 5) is 4.32. The molecule has 0 unspecified atom stereocenters. The van der Waals surface area contributed by atoms with Crippen LogP contribution >= 0.6 is 0 Å². The summed E-state index contributed by atoms with van der Waals surface area (Å²) in [5, 5.41) is 8.97. The Morgan fingerprint density at radius 2 is 1.74 bits per heavy atom. The fourth-order valence-corrected chi connectivity index (χ4v) is 1.94. The highest BCUT2D eigenvalue weighted by atomic mass is 16.5. The second-order valence-electron chi connectivity index (χ2n) is 4.70. The summed E-state index contributed by atoms with van der Waals surface area (Å²) in [5.41, 5.74) is 4.67. The van der Waals surface area contributed by atoms with Gasteiger partial charge in [0, 0.05) is 11.8 Å². The van der Waals surface area contributed by atoms with E-state index in [1.165, 1.54) is 5.56 Å². The molecular weight excluding hydrogens is 236 g/mol. The molecule has 0 saturated carbocycles. The number of rotatable bonds is 2. The normalized spacial score (nSPS) is 10.1. The Bertz CT molecular complexity index is 669. The van der Waals surface area contributed by atoms with Crippen LogP contribution in [-0.4, -0.2) is 4.98 Å². The molecule has 0 aliphatic heterocycles. The van der Waals surface area contributed by atoms with E-state index in [9.17, 15) is 0 Å². The maximum atomic E-state index is 8.97. The molecule has 1 heterocycles. The molecule has 0 radical (unpaired) electrons. The Hall–Kier alpha value is -2.34. The fraction of sp³-hybridized carbons (Fsp3) is 0.250. The van der Waals surface area contributed by atoms with Crippen LogP contribution in [0.4, 0.5) is 0 Å². The number of hydrogen-bond donors (Lipinski definition) is 0. The van der Waals surface area contributed by atoms with Crippen LogP contribution in [0.5, 0.6) is 11.6 Å². The highest BCUT2D eigenvalue weighted by Crippen LogP contribution is 2.30. The van der Waals surface area contributed by atoms with Gasteiger partial charge in [-0.05, 0) is 50.5 Å². The molecule has 0 spiro atoms. The first-order chi connectivity index (χ1) is 9.01. The molecule has 0 bridgehead atoms. The van der Waals surface area contributed by atoms with Gasteiger partial charge in [-0.1, -0.05) is 12.1 Å². The first-order valence-corrected chi connectivity index (χ1v) is 6.14.